The molecule has 126 valence electrons. The minimum absolute atomic E-state index is 0. The van der Waals surface area contributed by atoms with Crippen LogP contribution in [0, 0.1) is 0 Å². The molecule has 12 nitrogen and oxygen atoms in total. The van der Waals surface area contributed by atoms with Gasteiger partial charge in [-0.1, -0.05) is 0 Å². The molecule has 5 N–H and O–H groups in total. The van der Waals surface area contributed by atoms with Gasteiger partial charge in [-0.15, -0.1) is 0 Å². The Kier molecular flexibility index (Phi) is 35.6. The van der Waals surface area contributed by atoms with Crippen LogP contribution in [0.2, 0.25) is 0 Å². The molecule has 0 spiro atoms. The minimum Gasteiger partial charge on any atom is -0.548 e. The fraction of sp³-hybridized carbons (Fsp3) is 0.556. The summed E-state index contributed by atoms with van der Waals surface area (Å²) in [5, 5.41) is 65.2. The van der Waals surface area contributed by atoms with E-state index in [4.69, 9.17) is 55.2 Å². The molecule has 13 heteroatoms. The number of carbonyl (C=O) groups is 4. The smallest absolute Gasteiger partial charge is 0.548 e. The molecule has 0 saturated carbocycles. The van der Waals surface area contributed by atoms with Gasteiger partial charge < -0.3 is 55.2 Å². The Morgan fingerprint density at radius 2 is 0.909 bits per heavy atom. The largest absolute Gasteiger partial charge is 3.00 e. The molecule has 0 rings (SSSR count). The molecular formula is C9H15AlO12. The van der Waals surface area contributed by atoms with Crippen LogP contribution >= 0.6 is 0 Å². The summed E-state index contributed by atoms with van der Waals surface area (Å²) in [6, 6.07) is 0. The van der Waals surface area contributed by atoms with Crippen molar-refractivity contribution >= 4 is 41.2 Å². The Labute approximate surface area is 135 Å². The summed E-state index contributed by atoms with van der Waals surface area (Å²) in [4.78, 5) is 36.5. The average Bonchev–Trinajstić information content (AvgIpc) is 2.40. The number of hydrogen-bond acceptors (Lipinski definition) is 11. The number of carboxylic acid groups (broad SMARTS) is 4. The van der Waals surface area contributed by atoms with E-state index in [1.54, 1.807) is 0 Å². The van der Waals surface area contributed by atoms with Crippen LogP contribution < -0.4 is 15.3 Å². The van der Waals surface area contributed by atoms with E-state index in [0.717, 1.165) is 0 Å². The van der Waals surface area contributed by atoms with Gasteiger partial charge in [0.2, 0.25) is 0 Å². The molecule has 1 unspecified atom stereocenters. The number of aliphatic hydroxyl groups excluding tert-OH is 4. The molecule has 1 atom stereocenters. The van der Waals surface area contributed by atoms with Gasteiger partial charge in [0.05, 0.1) is 37.7 Å². The van der Waals surface area contributed by atoms with Crippen LogP contribution in [0.5, 0.6) is 0 Å². The maximum atomic E-state index is 9.45. The number of carbonyl (C=O) groups excluding carboxylic acids is 3. The van der Waals surface area contributed by atoms with Gasteiger partial charge in [-0.25, -0.2) is 4.79 Å². The zero-order valence-corrected chi connectivity index (χ0v) is 12.5. The molecule has 22 heavy (non-hydrogen) atoms. The summed E-state index contributed by atoms with van der Waals surface area (Å²) in [7, 11) is 0. The Morgan fingerprint density at radius 1 is 0.818 bits per heavy atom. The summed E-state index contributed by atoms with van der Waals surface area (Å²) >= 11 is 0. The second-order valence-corrected chi connectivity index (χ2v) is 2.60. The number of rotatable bonds is 4. The SMILES string of the molecule is CC(O)C(=O)O.O=C([O-])CO.O=C([O-])CO.O=C([O-])CO.[Al+3]. The van der Waals surface area contributed by atoms with E-state index >= 15 is 0 Å². The van der Waals surface area contributed by atoms with Crippen molar-refractivity contribution in [3.63, 3.8) is 0 Å². The fourth-order valence-corrected chi connectivity index (χ4v) is 0. The van der Waals surface area contributed by atoms with Crippen molar-refractivity contribution in [2.24, 2.45) is 0 Å². The molecule has 0 radical (unpaired) electrons. The zero-order valence-electron chi connectivity index (χ0n) is 11.4. The van der Waals surface area contributed by atoms with E-state index in [1.807, 2.05) is 0 Å². The topological polar surface area (TPSA) is 239 Å². The number of carboxylic acids is 4. The van der Waals surface area contributed by atoms with Crippen LogP contribution in [-0.4, -0.2) is 92.7 Å². The van der Waals surface area contributed by atoms with E-state index in [2.05, 4.69) is 0 Å². The zero-order chi connectivity index (χ0) is 18.0. The van der Waals surface area contributed by atoms with Gasteiger partial charge in [0.15, 0.2) is 0 Å². The third-order valence-electron chi connectivity index (χ3n) is 0.745. The standard InChI is InChI=1S/C3H6O3.3C2H4O3.Al/c1-2(4)3(5)6;3*3-1-2(4)5;/h2,4H,1H3,(H,5,6);3*3H,1H2,(H,4,5);/q;;;;+3/p-3. The first-order valence-electron chi connectivity index (χ1n) is 4.79. The normalized spacial score (nSPS) is 8.77. The van der Waals surface area contributed by atoms with E-state index in [1.165, 1.54) is 6.92 Å². The van der Waals surface area contributed by atoms with E-state index in [0.29, 0.717) is 0 Å². The summed E-state index contributed by atoms with van der Waals surface area (Å²) in [5.74, 6) is -5.50. The molecule has 0 aromatic rings. The van der Waals surface area contributed by atoms with Gasteiger partial charge in [-0.3, -0.25) is 0 Å². The van der Waals surface area contributed by atoms with Crippen LogP contribution in [0.15, 0.2) is 0 Å². The van der Waals surface area contributed by atoms with Crippen LogP contribution in [0.3, 0.4) is 0 Å². The van der Waals surface area contributed by atoms with E-state index in [-0.39, 0.29) is 17.4 Å². The molecule has 0 saturated heterocycles. The molecule has 0 aromatic heterocycles. The maximum absolute atomic E-state index is 9.45. The first kappa shape index (κ1) is 32.3. The predicted octanol–water partition coefficient (Wildman–Crippen LogP) is -7.74. The fourth-order valence-electron chi connectivity index (χ4n) is 0. The first-order chi connectivity index (χ1) is 9.45. The van der Waals surface area contributed by atoms with Gasteiger partial charge in [0, 0.05) is 0 Å². The molecular weight excluding hydrogens is 327 g/mol. The van der Waals surface area contributed by atoms with Gasteiger partial charge in [0.1, 0.15) is 6.10 Å². The van der Waals surface area contributed by atoms with Gasteiger partial charge in [-0.05, 0) is 6.92 Å². The monoisotopic (exact) mass is 342 g/mol. The Morgan fingerprint density at radius 3 is 0.909 bits per heavy atom. The molecule has 0 bridgehead atoms. The van der Waals surface area contributed by atoms with Crippen LogP contribution in [-0.2, 0) is 19.2 Å². The van der Waals surface area contributed by atoms with Crippen molar-refractivity contribution in [2.75, 3.05) is 19.8 Å². The average molecular weight is 342 g/mol. The second kappa shape index (κ2) is 24.3. The van der Waals surface area contributed by atoms with Crippen LogP contribution in [0.25, 0.3) is 0 Å². The number of hydrogen-bond donors (Lipinski definition) is 5. The van der Waals surface area contributed by atoms with Crippen LogP contribution in [0.1, 0.15) is 6.92 Å². The Hall–Kier alpha value is -1.75. The molecule has 0 heterocycles. The van der Waals surface area contributed by atoms with Gasteiger partial charge >= 0.3 is 23.3 Å². The van der Waals surface area contributed by atoms with Crippen molar-refractivity contribution in [1.82, 2.24) is 0 Å². The third-order valence-corrected chi connectivity index (χ3v) is 0.745. The predicted molar refractivity (Wildman–Crippen MR) is 61.3 cm³/mol. The molecule has 0 aliphatic rings. The number of aliphatic hydroxyl groups is 4. The quantitative estimate of drug-likeness (QED) is 0.299. The number of aliphatic carboxylic acids is 4. The minimum atomic E-state index is -1.44. The van der Waals surface area contributed by atoms with Crippen molar-refractivity contribution in [3.8, 4) is 0 Å². The summed E-state index contributed by atoms with van der Waals surface area (Å²) in [6.07, 6.45) is -1.23. The van der Waals surface area contributed by atoms with Crippen molar-refractivity contribution in [3.05, 3.63) is 0 Å². The Balaban J connectivity index is -0.0000000577. The van der Waals surface area contributed by atoms with Crippen molar-refractivity contribution in [2.45, 2.75) is 13.0 Å². The third kappa shape index (κ3) is 79.8. The molecule has 0 aliphatic carbocycles. The van der Waals surface area contributed by atoms with Gasteiger partial charge in [-0.2, -0.15) is 0 Å². The van der Waals surface area contributed by atoms with Crippen molar-refractivity contribution in [1.29, 1.82) is 0 Å². The molecule has 0 fully saturated rings. The van der Waals surface area contributed by atoms with Crippen molar-refractivity contribution < 1.29 is 60.0 Å². The molecule has 0 amide bonds. The summed E-state index contributed by atoms with van der Waals surface area (Å²) in [5.41, 5.74) is 0. The summed E-state index contributed by atoms with van der Waals surface area (Å²) in [6.45, 7) is -1.47. The Bertz CT molecular complexity index is 270. The summed E-state index contributed by atoms with van der Waals surface area (Å²) < 4.78 is 0. The first-order valence-corrected chi connectivity index (χ1v) is 4.79. The van der Waals surface area contributed by atoms with E-state index in [9.17, 15) is 4.79 Å². The second-order valence-electron chi connectivity index (χ2n) is 2.60. The maximum Gasteiger partial charge on any atom is 3.00 e. The molecule has 0 aromatic carbocycles. The van der Waals surface area contributed by atoms with E-state index < -0.39 is 49.8 Å². The van der Waals surface area contributed by atoms with Gasteiger partial charge in [0.25, 0.3) is 0 Å². The molecule has 0 aliphatic heterocycles. The van der Waals surface area contributed by atoms with Crippen LogP contribution in [0.4, 0.5) is 0 Å².